The first-order valence-electron chi connectivity index (χ1n) is 7.16. The van der Waals surface area contributed by atoms with Crippen LogP contribution in [-0.4, -0.2) is 28.9 Å². The Labute approximate surface area is 123 Å². The Hall–Kier alpha value is -1.33. The van der Waals surface area contributed by atoms with Crippen LogP contribution in [0.5, 0.6) is 5.75 Å². The number of hydrogen-bond acceptors (Lipinski definition) is 3. The highest BCUT2D eigenvalue weighted by atomic mass is 32.1. The maximum absolute atomic E-state index is 5.66. The zero-order valence-electron chi connectivity index (χ0n) is 11.9. The van der Waals surface area contributed by atoms with Crippen LogP contribution >= 0.6 is 12.2 Å². The molecule has 1 N–H and O–H groups in total. The molecule has 0 saturated carbocycles. The summed E-state index contributed by atoms with van der Waals surface area (Å²) in [4.78, 5) is 3.28. The van der Waals surface area contributed by atoms with Crippen molar-refractivity contribution in [3.05, 3.63) is 23.0 Å². The van der Waals surface area contributed by atoms with E-state index >= 15 is 0 Å². The molecule has 0 aliphatic carbocycles. The van der Waals surface area contributed by atoms with Crippen LogP contribution in [0.4, 0.5) is 0 Å². The lowest BCUT2D eigenvalue weighted by atomic mass is 10.0. The highest BCUT2D eigenvalue weighted by Gasteiger charge is 2.25. The highest BCUT2D eigenvalue weighted by molar-refractivity contribution is 7.71. The summed E-state index contributed by atoms with van der Waals surface area (Å²) in [6.45, 7) is 6.53. The summed E-state index contributed by atoms with van der Waals surface area (Å²) in [6, 6.07) is 6.08. The number of hydrogen-bond donors (Lipinski definition) is 1. The molecule has 1 aromatic carbocycles. The average molecular weight is 292 g/mol. The molecule has 20 heavy (non-hydrogen) atoms. The molecule has 2 unspecified atom stereocenters. The van der Waals surface area contributed by atoms with E-state index in [9.17, 15) is 0 Å². The van der Waals surface area contributed by atoms with Gasteiger partial charge in [0.25, 0.3) is 0 Å². The highest BCUT2D eigenvalue weighted by Crippen LogP contribution is 2.28. The fraction of sp³-hybridized carbons (Fsp3) is 0.533. The monoisotopic (exact) mass is 292 g/mol. The fourth-order valence-electron chi connectivity index (χ4n) is 2.86. The molecule has 4 nitrogen and oxygen atoms in total. The van der Waals surface area contributed by atoms with E-state index in [1.165, 1.54) is 0 Å². The Kier molecular flexibility index (Phi) is 3.81. The van der Waals surface area contributed by atoms with Gasteiger partial charge in [0, 0.05) is 19.1 Å². The molecule has 2 aromatic rings. The largest absolute Gasteiger partial charge is 0.492 e. The average Bonchev–Trinajstić information content (AvgIpc) is 2.97. The van der Waals surface area contributed by atoms with Gasteiger partial charge in [0.2, 0.25) is 0 Å². The molecule has 1 aliphatic rings. The molecular formula is C15H20N2O2S. The smallest absolute Gasteiger partial charge is 0.178 e. The molecule has 3 rings (SSSR count). The Morgan fingerprint density at radius 2 is 2.35 bits per heavy atom. The Morgan fingerprint density at radius 1 is 1.50 bits per heavy atom. The van der Waals surface area contributed by atoms with Crippen LogP contribution in [0.3, 0.4) is 0 Å². The van der Waals surface area contributed by atoms with Crippen molar-refractivity contribution in [1.82, 2.24) is 9.55 Å². The number of fused-ring (bicyclic) bond motifs is 1. The van der Waals surface area contributed by atoms with Crippen LogP contribution in [0.1, 0.15) is 20.3 Å². The standard InChI is InChI=1S/C15H20N2O2S/c1-3-18-13-6-4-5-12-14(13)16-15(20)17(12)9-11-7-8-19-10(11)2/h4-6,10-11H,3,7-9H2,1-2H3,(H,16,20). The van der Waals surface area contributed by atoms with Crippen molar-refractivity contribution in [3.63, 3.8) is 0 Å². The van der Waals surface area contributed by atoms with Crippen molar-refractivity contribution < 1.29 is 9.47 Å². The van der Waals surface area contributed by atoms with Gasteiger partial charge in [0.1, 0.15) is 11.3 Å². The van der Waals surface area contributed by atoms with Crippen LogP contribution in [0.2, 0.25) is 0 Å². The quantitative estimate of drug-likeness (QED) is 0.876. The summed E-state index contributed by atoms with van der Waals surface area (Å²) in [5, 5.41) is 0. The minimum absolute atomic E-state index is 0.303. The fourth-order valence-corrected chi connectivity index (χ4v) is 3.14. The summed E-state index contributed by atoms with van der Waals surface area (Å²) in [7, 11) is 0. The van der Waals surface area contributed by atoms with E-state index in [1.54, 1.807) is 0 Å². The van der Waals surface area contributed by atoms with Crippen molar-refractivity contribution in [2.45, 2.75) is 32.9 Å². The first kappa shape index (κ1) is 13.6. The van der Waals surface area contributed by atoms with E-state index in [0.29, 0.717) is 18.6 Å². The molecular weight excluding hydrogens is 272 g/mol. The molecule has 2 heterocycles. The Bertz CT molecular complexity index is 661. The van der Waals surface area contributed by atoms with Gasteiger partial charge >= 0.3 is 0 Å². The number of benzene rings is 1. The second-order valence-corrected chi connectivity index (χ2v) is 5.64. The molecule has 1 aromatic heterocycles. The van der Waals surface area contributed by atoms with Crippen molar-refractivity contribution >= 4 is 23.3 Å². The molecule has 5 heteroatoms. The molecule has 0 bridgehead atoms. The van der Waals surface area contributed by atoms with E-state index in [4.69, 9.17) is 21.7 Å². The molecule has 0 spiro atoms. The third kappa shape index (κ3) is 2.36. The number of rotatable bonds is 4. The first-order valence-corrected chi connectivity index (χ1v) is 7.57. The van der Waals surface area contributed by atoms with E-state index in [2.05, 4.69) is 22.5 Å². The number of nitrogens with one attached hydrogen (secondary N) is 1. The Balaban J connectivity index is 2.00. The van der Waals surface area contributed by atoms with E-state index < -0.39 is 0 Å². The summed E-state index contributed by atoms with van der Waals surface area (Å²) in [5.74, 6) is 1.39. The summed E-state index contributed by atoms with van der Waals surface area (Å²) >= 11 is 5.48. The summed E-state index contributed by atoms with van der Waals surface area (Å²) in [5.41, 5.74) is 2.10. The van der Waals surface area contributed by atoms with Gasteiger partial charge in [0.15, 0.2) is 4.77 Å². The van der Waals surface area contributed by atoms with Crippen molar-refractivity contribution in [3.8, 4) is 5.75 Å². The number of aromatic nitrogens is 2. The second-order valence-electron chi connectivity index (χ2n) is 5.25. The minimum atomic E-state index is 0.303. The molecule has 2 atom stereocenters. The van der Waals surface area contributed by atoms with Crippen LogP contribution in [0.15, 0.2) is 18.2 Å². The van der Waals surface area contributed by atoms with Crippen molar-refractivity contribution in [2.75, 3.05) is 13.2 Å². The molecule has 1 fully saturated rings. The lowest BCUT2D eigenvalue weighted by molar-refractivity contribution is 0.102. The first-order chi connectivity index (χ1) is 9.70. The van der Waals surface area contributed by atoms with Gasteiger partial charge in [-0.05, 0) is 44.6 Å². The van der Waals surface area contributed by atoms with Crippen LogP contribution < -0.4 is 4.74 Å². The summed E-state index contributed by atoms with van der Waals surface area (Å²) in [6.07, 6.45) is 1.40. The third-order valence-electron chi connectivity index (χ3n) is 4.02. The third-order valence-corrected chi connectivity index (χ3v) is 4.34. The lowest BCUT2D eigenvalue weighted by Gasteiger charge is -2.15. The topological polar surface area (TPSA) is 39.2 Å². The molecule has 1 aliphatic heterocycles. The van der Waals surface area contributed by atoms with Gasteiger partial charge in [-0.1, -0.05) is 6.07 Å². The van der Waals surface area contributed by atoms with Gasteiger partial charge in [0.05, 0.1) is 18.2 Å². The lowest BCUT2D eigenvalue weighted by Crippen LogP contribution is -2.17. The normalized spacial score (nSPS) is 22.5. The van der Waals surface area contributed by atoms with E-state index in [1.807, 2.05) is 19.1 Å². The maximum Gasteiger partial charge on any atom is 0.178 e. The minimum Gasteiger partial charge on any atom is -0.492 e. The van der Waals surface area contributed by atoms with E-state index in [0.717, 1.165) is 41.1 Å². The van der Waals surface area contributed by atoms with Gasteiger partial charge in [-0.3, -0.25) is 0 Å². The number of nitrogens with zero attached hydrogens (tertiary/aromatic N) is 1. The van der Waals surface area contributed by atoms with Crippen molar-refractivity contribution in [1.29, 1.82) is 0 Å². The SMILES string of the molecule is CCOc1cccc2c1[nH]c(=S)n2CC1CCOC1C. The maximum atomic E-state index is 5.66. The predicted octanol–water partition coefficient (Wildman–Crippen LogP) is 3.52. The number of aromatic amines is 1. The van der Waals surface area contributed by atoms with Crippen molar-refractivity contribution in [2.24, 2.45) is 5.92 Å². The van der Waals surface area contributed by atoms with E-state index in [-0.39, 0.29) is 0 Å². The number of imidazole rings is 1. The molecule has 0 amide bonds. The zero-order chi connectivity index (χ0) is 14.1. The van der Waals surface area contributed by atoms with Crippen LogP contribution in [0, 0.1) is 10.7 Å². The van der Waals surface area contributed by atoms with Crippen LogP contribution in [-0.2, 0) is 11.3 Å². The summed E-state index contributed by atoms with van der Waals surface area (Å²) < 4.78 is 14.2. The molecule has 0 radical (unpaired) electrons. The Morgan fingerprint density at radius 3 is 3.05 bits per heavy atom. The number of ether oxygens (including phenoxy) is 2. The number of H-pyrrole nitrogens is 1. The van der Waals surface area contributed by atoms with Gasteiger partial charge in [-0.15, -0.1) is 0 Å². The van der Waals surface area contributed by atoms with Gasteiger partial charge in [-0.25, -0.2) is 0 Å². The number of para-hydroxylation sites is 1. The zero-order valence-corrected chi connectivity index (χ0v) is 12.7. The molecule has 108 valence electrons. The van der Waals surface area contributed by atoms with Crippen LogP contribution in [0.25, 0.3) is 11.0 Å². The van der Waals surface area contributed by atoms with Gasteiger partial charge < -0.3 is 19.0 Å². The second kappa shape index (κ2) is 5.58. The molecule has 1 saturated heterocycles. The van der Waals surface area contributed by atoms with Gasteiger partial charge in [-0.2, -0.15) is 0 Å². The predicted molar refractivity (Wildman–Crippen MR) is 81.8 cm³/mol.